The minimum Gasteiger partial charge on any atom is -0.324 e. The lowest BCUT2D eigenvalue weighted by Gasteiger charge is -2.29. The van der Waals surface area contributed by atoms with Gasteiger partial charge in [-0.25, -0.2) is 0 Å². The van der Waals surface area contributed by atoms with E-state index in [0.29, 0.717) is 5.92 Å². The van der Waals surface area contributed by atoms with Gasteiger partial charge < -0.3 is 10.6 Å². The molecule has 0 saturated carbocycles. The number of nitrogens with one attached hydrogen (secondary N) is 2. The Labute approximate surface area is 124 Å². The first-order chi connectivity index (χ1) is 8.58. The molecule has 3 nitrogen and oxygen atoms in total. The highest BCUT2D eigenvalue weighted by molar-refractivity contribution is 9.11. The fraction of sp³-hybridized carbons (Fsp3) is 0.462. The molecule has 0 aromatic heterocycles. The van der Waals surface area contributed by atoms with Crippen LogP contribution in [0.25, 0.3) is 0 Å². The highest BCUT2D eigenvalue weighted by atomic mass is 79.9. The van der Waals surface area contributed by atoms with Gasteiger partial charge in [-0.3, -0.25) is 4.79 Å². The maximum atomic E-state index is 12.2. The quantitative estimate of drug-likeness (QED) is 0.829. The van der Waals surface area contributed by atoms with Crippen molar-refractivity contribution in [3.8, 4) is 0 Å². The summed E-state index contributed by atoms with van der Waals surface area (Å²) in [5.74, 6) is 0.422. The Kier molecular flexibility index (Phi) is 4.81. The predicted octanol–water partition coefficient (Wildman–Crippen LogP) is 3.54. The van der Waals surface area contributed by atoms with Crippen molar-refractivity contribution in [2.24, 2.45) is 5.92 Å². The smallest absolute Gasteiger partial charge is 0.241 e. The topological polar surface area (TPSA) is 41.1 Å². The van der Waals surface area contributed by atoms with Crippen LogP contribution in [0.1, 0.15) is 19.8 Å². The monoisotopic (exact) mass is 374 g/mol. The van der Waals surface area contributed by atoms with Crippen molar-refractivity contribution in [1.82, 2.24) is 5.32 Å². The summed E-state index contributed by atoms with van der Waals surface area (Å²) in [4.78, 5) is 12.2. The summed E-state index contributed by atoms with van der Waals surface area (Å²) >= 11 is 6.85. The summed E-state index contributed by atoms with van der Waals surface area (Å²) in [5.41, 5.74) is 0.800. The van der Waals surface area contributed by atoms with Gasteiger partial charge in [0.2, 0.25) is 5.91 Å². The van der Waals surface area contributed by atoms with Crippen molar-refractivity contribution < 1.29 is 4.79 Å². The molecule has 98 valence electrons. The first-order valence-electron chi connectivity index (χ1n) is 6.07. The van der Waals surface area contributed by atoms with Crippen LogP contribution in [0.5, 0.6) is 0 Å². The maximum Gasteiger partial charge on any atom is 0.241 e. The fourth-order valence-electron chi connectivity index (χ4n) is 2.20. The highest BCUT2D eigenvalue weighted by Gasteiger charge is 2.27. The largest absolute Gasteiger partial charge is 0.324 e. The van der Waals surface area contributed by atoms with E-state index in [1.807, 2.05) is 18.2 Å². The molecule has 1 aliphatic heterocycles. The third-order valence-corrected chi connectivity index (χ3v) is 4.42. The van der Waals surface area contributed by atoms with Gasteiger partial charge in [0.1, 0.15) is 0 Å². The van der Waals surface area contributed by atoms with Gasteiger partial charge in [-0.05, 0) is 59.4 Å². The molecule has 0 bridgehead atoms. The molecule has 1 aromatic carbocycles. The average Bonchev–Trinajstić information content (AvgIpc) is 2.34. The van der Waals surface area contributed by atoms with Gasteiger partial charge in [0, 0.05) is 8.95 Å². The van der Waals surface area contributed by atoms with E-state index in [1.165, 1.54) is 0 Å². The van der Waals surface area contributed by atoms with Gasteiger partial charge in [0.05, 0.1) is 11.7 Å². The van der Waals surface area contributed by atoms with Crippen molar-refractivity contribution in [1.29, 1.82) is 0 Å². The van der Waals surface area contributed by atoms with Crippen molar-refractivity contribution >= 4 is 43.5 Å². The minimum absolute atomic E-state index is 0.0426. The number of carbonyl (C=O) groups is 1. The number of carbonyl (C=O) groups excluding carboxylic acids is 1. The molecule has 5 heteroatoms. The molecule has 0 aliphatic carbocycles. The second kappa shape index (κ2) is 6.17. The zero-order chi connectivity index (χ0) is 13.1. The Hall–Kier alpha value is -0.390. The number of hydrogen-bond donors (Lipinski definition) is 2. The number of benzene rings is 1. The lowest BCUT2D eigenvalue weighted by Crippen LogP contribution is -2.48. The summed E-state index contributed by atoms with van der Waals surface area (Å²) in [5, 5.41) is 6.26. The van der Waals surface area contributed by atoms with E-state index in [-0.39, 0.29) is 11.9 Å². The number of anilines is 1. The van der Waals surface area contributed by atoms with E-state index >= 15 is 0 Å². The van der Waals surface area contributed by atoms with E-state index < -0.39 is 0 Å². The summed E-state index contributed by atoms with van der Waals surface area (Å²) in [6.45, 7) is 3.04. The molecule has 1 saturated heterocycles. The van der Waals surface area contributed by atoms with Crippen LogP contribution in [0, 0.1) is 5.92 Å². The first kappa shape index (κ1) is 14.0. The van der Waals surface area contributed by atoms with Crippen LogP contribution < -0.4 is 10.6 Å². The van der Waals surface area contributed by atoms with Crippen molar-refractivity contribution in [3.05, 3.63) is 27.1 Å². The molecule has 1 amide bonds. The van der Waals surface area contributed by atoms with E-state index in [1.54, 1.807) is 0 Å². The van der Waals surface area contributed by atoms with Crippen LogP contribution in [0.15, 0.2) is 27.1 Å². The molecular formula is C13H16Br2N2O. The molecule has 2 rings (SSSR count). The van der Waals surface area contributed by atoms with Gasteiger partial charge in [-0.15, -0.1) is 0 Å². The number of halogens is 2. The molecule has 2 N–H and O–H groups in total. The van der Waals surface area contributed by atoms with Gasteiger partial charge >= 0.3 is 0 Å². The zero-order valence-corrected chi connectivity index (χ0v) is 13.3. The molecule has 2 unspecified atom stereocenters. The Balaban J connectivity index is 2.08. The third kappa shape index (κ3) is 3.33. The molecule has 0 spiro atoms. The molecule has 0 radical (unpaired) electrons. The summed E-state index contributed by atoms with van der Waals surface area (Å²) in [7, 11) is 0. The second-order valence-electron chi connectivity index (χ2n) is 4.66. The van der Waals surface area contributed by atoms with Crippen LogP contribution in [0.2, 0.25) is 0 Å². The summed E-state index contributed by atoms with van der Waals surface area (Å²) in [6.07, 6.45) is 2.25. The maximum absolute atomic E-state index is 12.2. The molecule has 2 atom stereocenters. The number of amides is 1. The number of hydrogen-bond acceptors (Lipinski definition) is 2. The number of piperidine rings is 1. The van der Waals surface area contributed by atoms with E-state index in [0.717, 1.165) is 34.0 Å². The van der Waals surface area contributed by atoms with Crippen molar-refractivity contribution in [3.63, 3.8) is 0 Å². The van der Waals surface area contributed by atoms with Crippen LogP contribution in [-0.4, -0.2) is 18.5 Å². The van der Waals surface area contributed by atoms with Gasteiger partial charge in [0.25, 0.3) is 0 Å². The van der Waals surface area contributed by atoms with E-state index in [9.17, 15) is 4.79 Å². The van der Waals surface area contributed by atoms with Crippen LogP contribution in [0.4, 0.5) is 5.69 Å². The van der Waals surface area contributed by atoms with Crippen molar-refractivity contribution in [2.45, 2.75) is 25.8 Å². The lowest BCUT2D eigenvalue weighted by atomic mass is 9.92. The molecule has 1 aromatic rings. The van der Waals surface area contributed by atoms with Crippen LogP contribution in [-0.2, 0) is 4.79 Å². The summed E-state index contributed by atoms with van der Waals surface area (Å²) in [6, 6.07) is 5.65. The lowest BCUT2D eigenvalue weighted by molar-refractivity contribution is -0.119. The zero-order valence-electron chi connectivity index (χ0n) is 10.2. The normalized spacial score (nSPS) is 23.7. The molecular weight excluding hydrogens is 360 g/mol. The average molecular weight is 376 g/mol. The van der Waals surface area contributed by atoms with Gasteiger partial charge in [-0.2, -0.15) is 0 Å². The van der Waals surface area contributed by atoms with Gasteiger partial charge in [0.15, 0.2) is 0 Å². The highest BCUT2D eigenvalue weighted by Crippen LogP contribution is 2.27. The Bertz CT molecular complexity index is 451. The molecule has 1 fully saturated rings. The number of rotatable bonds is 2. The molecule has 18 heavy (non-hydrogen) atoms. The molecule has 1 aliphatic rings. The Morgan fingerprint density at radius 1 is 1.44 bits per heavy atom. The minimum atomic E-state index is -0.0929. The summed E-state index contributed by atoms with van der Waals surface area (Å²) < 4.78 is 1.84. The first-order valence-corrected chi connectivity index (χ1v) is 7.66. The fourth-order valence-corrected chi connectivity index (χ4v) is 2.91. The van der Waals surface area contributed by atoms with E-state index in [4.69, 9.17) is 0 Å². The van der Waals surface area contributed by atoms with Crippen molar-refractivity contribution in [2.75, 3.05) is 11.9 Å². The SMILES string of the molecule is CC1CCCNC1C(=O)Nc1cc(Br)ccc1Br. The van der Waals surface area contributed by atoms with Crippen LogP contribution in [0.3, 0.4) is 0 Å². The molecule has 1 heterocycles. The standard InChI is InChI=1S/C13H16Br2N2O/c1-8-3-2-6-16-12(8)13(18)17-11-7-9(14)4-5-10(11)15/h4-5,7-8,12,16H,2-3,6H2,1H3,(H,17,18). The second-order valence-corrected chi connectivity index (χ2v) is 6.43. The Morgan fingerprint density at radius 3 is 2.94 bits per heavy atom. The predicted molar refractivity (Wildman–Crippen MR) is 80.7 cm³/mol. The third-order valence-electron chi connectivity index (χ3n) is 3.24. The van der Waals surface area contributed by atoms with Gasteiger partial charge in [-0.1, -0.05) is 22.9 Å². The van der Waals surface area contributed by atoms with E-state index in [2.05, 4.69) is 49.4 Å². The Morgan fingerprint density at radius 2 is 2.22 bits per heavy atom. The van der Waals surface area contributed by atoms with Crippen LogP contribution >= 0.6 is 31.9 Å².